The lowest BCUT2D eigenvalue weighted by Crippen LogP contribution is -2.30. The van der Waals surface area contributed by atoms with Crippen molar-refractivity contribution in [3.63, 3.8) is 0 Å². The molecule has 2 aromatic heterocycles. The van der Waals surface area contributed by atoms with Crippen LogP contribution < -0.4 is 25.6 Å². The Morgan fingerprint density at radius 1 is 1.15 bits per heavy atom. The highest BCUT2D eigenvalue weighted by Crippen LogP contribution is 2.38. The summed E-state index contributed by atoms with van der Waals surface area (Å²) in [6, 6.07) is 6.54. The number of carbonyl (C=O) groups is 3. The van der Waals surface area contributed by atoms with Crippen LogP contribution in [0.3, 0.4) is 0 Å². The van der Waals surface area contributed by atoms with E-state index >= 15 is 0 Å². The zero-order valence-corrected chi connectivity index (χ0v) is 21.7. The van der Waals surface area contributed by atoms with Crippen LogP contribution in [-0.2, 0) is 9.59 Å². The SMILES string of the molecule is [2H]C([2H])([2H])NC(=O)c1nnc(NC(=O)C2CC2)cc1Nc1cccc(-c2ncc(N3CCC(C)(C)C3=O)cn2)c1OC. The lowest BCUT2D eigenvalue weighted by molar-refractivity contribution is -0.124. The summed E-state index contributed by atoms with van der Waals surface area (Å²) in [4.78, 5) is 48.4. The maximum atomic E-state index is 12.8. The number of hydrogen-bond donors (Lipinski definition) is 3. The quantitative estimate of drug-likeness (QED) is 0.396. The molecule has 0 unspecified atom stereocenters. The molecule has 3 amide bonds. The van der Waals surface area contributed by atoms with Gasteiger partial charge in [0, 0.05) is 35.0 Å². The molecule has 1 aromatic carbocycles. The molecule has 1 saturated carbocycles. The van der Waals surface area contributed by atoms with Crippen molar-refractivity contribution in [3.05, 3.63) is 42.4 Å². The topological polar surface area (TPSA) is 151 Å². The maximum absolute atomic E-state index is 12.8. The number of hydrogen-bond acceptors (Lipinski definition) is 9. The molecule has 3 heterocycles. The minimum Gasteiger partial charge on any atom is -0.494 e. The molecule has 1 saturated heterocycles. The number of benzene rings is 1. The van der Waals surface area contributed by atoms with Gasteiger partial charge in [-0.25, -0.2) is 9.97 Å². The number of carbonyl (C=O) groups excluding carboxylic acids is 3. The first-order valence-electron chi connectivity index (χ1n) is 14.0. The van der Waals surface area contributed by atoms with Crippen molar-refractivity contribution in [3.8, 4) is 17.1 Å². The Morgan fingerprint density at radius 2 is 1.92 bits per heavy atom. The van der Waals surface area contributed by atoms with Crippen molar-refractivity contribution in [2.24, 2.45) is 11.3 Å². The van der Waals surface area contributed by atoms with E-state index in [4.69, 9.17) is 8.85 Å². The number of methoxy groups -OCH3 is 1. The third-order valence-electron chi connectivity index (χ3n) is 6.79. The second-order valence-electron chi connectivity index (χ2n) is 10.1. The Labute approximate surface area is 229 Å². The van der Waals surface area contributed by atoms with Crippen LogP contribution in [0, 0.1) is 11.3 Å². The standard InChI is InChI=1S/C27H30N8O4/c1-27(2)10-11-35(26(27)38)16-13-29-23(30-14-16)17-6-5-7-18(22(17)39-4)31-19-12-20(32-24(36)15-8-9-15)33-34-21(19)25(37)28-3/h5-7,12-15H,8-11H2,1-4H3,(H,28,37)(H2,31,32,33,36)/i3D3. The summed E-state index contributed by atoms with van der Waals surface area (Å²) in [7, 11) is 1.46. The molecule has 0 radical (unpaired) electrons. The molecule has 2 aliphatic rings. The van der Waals surface area contributed by atoms with Gasteiger partial charge in [-0.3, -0.25) is 14.4 Å². The Morgan fingerprint density at radius 3 is 2.56 bits per heavy atom. The summed E-state index contributed by atoms with van der Waals surface area (Å²) in [5.74, 6) is -0.539. The molecule has 1 aliphatic heterocycles. The molecule has 5 rings (SSSR count). The number of nitrogens with zero attached hydrogens (tertiary/aromatic N) is 5. The first-order chi connectivity index (χ1) is 19.9. The summed E-state index contributed by atoms with van der Waals surface area (Å²) < 4.78 is 27.9. The van der Waals surface area contributed by atoms with Crippen molar-refractivity contribution in [1.29, 1.82) is 0 Å². The predicted molar refractivity (Wildman–Crippen MR) is 145 cm³/mol. The van der Waals surface area contributed by atoms with E-state index in [0.29, 0.717) is 35.1 Å². The lowest BCUT2D eigenvalue weighted by Gasteiger charge is -2.19. The van der Waals surface area contributed by atoms with Crippen molar-refractivity contribution < 1.29 is 23.2 Å². The highest BCUT2D eigenvalue weighted by molar-refractivity contribution is 6.00. The zero-order chi connectivity index (χ0) is 30.2. The van der Waals surface area contributed by atoms with Crippen LogP contribution in [0.1, 0.15) is 47.7 Å². The van der Waals surface area contributed by atoms with E-state index in [1.54, 1.807) is 35.5 Å². The van der Waals surface area contributed by atoms with Crippen LogP contribution in [-0.4, -0.2) is 58.5 Å². The average Bonchev–Trinajstić information content (AvgIpc) is 3.74. The van der Waals surface area contributed by atoms with E-state index in [0.717, 1.165) is 19.3 Å². The monoisotopic (exact) mass is 533 g/mol. The number of rotatable bonds is 8. The van der Waals surface area contributed by atoms with Crippen molar-refractivity contribution >= 4 is 40.6 Å². The lowest BCUT2D eigenvalue weighted by atomic mass is 9.92. The molecule has 0 spiro atoms. The van der Waals surface area contributed by atoms with Gasteiger partial charge in [-0.15, -0.1) is 10.2 Å². The van der Waals surface area contributed by atoms with Crippen LogP contribution in [0.15, 0.2) is 36.7 Å². The van der Waals surface area contributed by atoms with Crippen LogP contribution in [0.5, 0.6) is 5.75 Å². The first-order valence-corrected chi connectivity index (χ1v) is 12.5. The second kappa shape index (κ2) is 10.3. The van der Waals surface area contributed by atoms with Gasteiger partial charge in [-0.2, -0.15) is 0 Å². The highest BCUT2D eigenvalue weighted by Gasteiger charge is 2.39. The van der Waals surface area contributed by atoms with Crippen LogP contribution in [0.4, 0.5) is 22.9 Å². The van der Waals surface area contributed by atoms with Crippen LogP contribution in [0.25, 0.3) is 11.4 Å². The molecule has 39 heavy (non-hydrogen) atoms. The van der Waals surface area contributed by atoms with Gasteiger partial charge in [0.2, 0.25) is 11.8 Å². The van der Waals surface area contributed by atoms with Gasteiger partial charge in [0.25, 0.3) is 5.91 Å². The van der Waals surface area contributed by atoms with Crippen LogP contribution >= 0.6 is 0 Å². The summed E-state index contributed by atoms with van der Waals surface area (Å²) in [5, 5.41) is 15.4. The number of amides is 3. The van der Waals surface area contributed by atoms with E-state index in [2.05, 4.69) is 30.8 Å². The molecule has 12 nitrogen and oxygen atoms in total. The summed E-state index contributed by atoms with van der Waals surface area (Å²) in [6.07, 6.45) is 5.46. The summed E-state index contributed by atoms with van der Waals surface area (Å²) in [6.45, 7) is 1.65. The zero-order valence-electron chi connectivity index (χ0n) is 24.7. The van der Waals surface area contributed by atoms with Crippen molar-refractivity contribution in [1.82, 2.24) is 25.5 Å². The molecular weight excluding hydrogens is 500 g/mol. The predicted octanol–water partition coefficient (Wildman–Crippen LogP) is 3.16. The molecule has 3 N–H and O–H groups in total. The van der Waals surface area contributed by atoms with Gasteiger partial charge in [-0.1, -0.05) is 19.9 Å². The Hall–Kier alpha value is -4.61. The second-order valence-corrected chi connectivity index (χ2v) is 10.1. The molecule has 0 atom stereocenters. The number of anilines is 4. The fourth-order valence-electron chi connectivity index (χ4n) is 4.34. The largest absolute Gasteiger partial charge is 0.494 e. The Kier molecular flexibility index (Phi) is 5.90. The van der Waals surface area contributed by atoms with E-state index < -0.39 is 18.3 Å². The van der Waals surface area contributed by atoms with Gasteiger partial charge in [0.1, 0.15) is 0 Å². The molecular formula is C27H30N8O4. The minimum absolute atomic E-state index is 0.0135. The molecule has 3 aromatic rings. The fourth-order valence-corrected chi connectivity index (χ4v) is 4.34. The van der Waals surface area contributed by atoms with Crippen molar-refractivity contribution in [2.75, 3.05) is 36.2 Å². The first kappa shape index (κ1) is 22.4. The molecule has 12 heteroatoms. The minimum atomic E-state index is -2.76. The van der Waals surface area contributed by atoms with E-state index in [1.165, 1.54) is 13.2 Å². The number of ether oxygens (including phenoxy) is 1. The Bertz CT molecular complexity index is 1540. The molecule has 1 aliphatic carbocycles. The number of nitrogens with one attached hydrogen (secondary N) is 3. The van der Waals surface area contributed by atoms with Crippen LogP contribution in [0.2, 0.25) is 0 Å². The van der Waals surface area contributed by atoms with Gasteiger partial charge in [0.15, 0.2) is 23.1 Å². The molecule has 0 bridgehead atoms. The normalized spacial score (nSPS) is 17.6. The summed E-state index contributed by atoms with van der Waals surface area (Å²) >= 11 is 0. The van der Waals surface area contributed by atoms with E-state index in [-0.39, 0.29) is 34.9 Å². The fraction of sp³-hybridized carbons (Fsp3) is 0.370. The Balaban J connectivity index is 1.46. The third kappa shape index (κ3) is 5.22. The molecule has 2 fully saturated rings. The maximum Gasteiger partial charge on any atom is 0.273 e. The van der Waals surface area contributed by atoms with Gasteiger partial charge in [0.05, 0.1) is 42.1 Å². The van der Waals surface area contributed by atoms with Gasteiger partial charge < -0.3 is 25.6 Å². The molecule has 202 valence electrons. The highest BCUT2D eigenvalue weighted by atomic mass is 16.5. The van der Waals surface area contributed by atoms with Crippen molar-refractivity contribution in [2.45, 2.75) is 33.1 Å². The number of aromatic nitrogens is 4. The van der Waals surface area contributed by atoms with Gasteiger partial charge >= 0.3 is 0 Å². The summed E-state index contributed by atoms with van der Waals surface area (Å²) in [5.41, 5.74) is 0.830. The van der Waals surface area contributed by atoms with E-state index in [9.17, 15) is 14.4 Å². The van der Waals surface area contributed by atoms with Gasteiger partial charge in [-0.05, 0) is 31.4 Å². The third-order valence-corrected chi connectivity index (χ3v) is 6.79. The van der Waals surface area contributed by atoms with E-state index in [1.807, 2.05) is 19.2 Å². The number of para-hydroxylation sites is 1. The average molecular weight is 534 g/mol. The smallest absolute Gasteiger partial charge is 0.273 e.